The second-order valence-corrected chi connectivity index (χ2v) is 6.40. The molecule has 1 N–H and O–H groups in total. The highest BCUT2D eigenvalue weighted by Crippen LogP contribution is 2.49. The smallest absolute Gasteiger partial charge is 0.328 e. The molecule has 0 spiro atoms. The summed E-state index contributed by atoms with van der Waals surface area (Å²) in [6, 6.07) is 4.46. The van der Waals surface area contributed by atoms with Gasteiger partial charge in [-0.15, -0.1) is 0 Å². The van der Waals surface area contributed by atoms with Crippen LogP contribution >= 0.6 is 23.2 Å². The Kier molecular flexibility index (Phi) is 4.30. The lowest BCUT2D eigenvalue weighted by Crippen LogP contribution is -2.53. The summed E-state index contributed by atoms with van der Waals surface area (Å²) in [5.41, 5.74) is 0.966. The van der Waals surface area contributed by atoms with Gasteiger partial charge in [-0.2, -0.15) is 0 Å². The van der Waals surface area contributed by atoms with Crippen molar-refractivity contribution in [1.29, 1.82) is 0 Å². The Balaban J connectivity index is 1.71. The summed E-state index contributed by atoms with van der Waals surface area (Å²) in [7, 11) is 0. The predicted molar refractivity (Wildman–Crippen MR) is 81.3 cm³/mol. The molecule has 1 amide bonds. The number of amides is 1. The van der Waals surface area contributed by atoms with Crippen LogP contribution in [0, 0.1) is 5.92 Å². The first kappa shape index (κ1) is 15.6. The van der Waals surface area contributed by atoms with Gasteiger partial charge in [-0.1, -0.05) is 29.3 Å². The Bertz CT molecular complexity index is 622. The molecule has 3 atom stereocenters. The zero-order valence-corrected chi connectivity index (χ0v) is 13.2. The maximum Gasteiger partial charge on any atom is 0.328 e. The number of hydrogen-bond acceptors (Lipinski definition) is 3. The standard InChI is InChI=1S/C15H15Cl2NO4/c16-11-2-1-8(5-12(11)17)9-6-10(9)14(19)18-3-4-22-7-13(18)15(20)21/h1-2,5,9-10,13H,3-4,6-7H2,(H,20,21)/t9-,10+,13-/m0/s1. The van der Waals surface area contributed by atoms with Crippen molar-refractivity contribution in [3.63, 3.8) is 0 Å². The van der Waals surface area contributed by atoms with Crippen LogP contribution in [0.25, 0.3) is 0 Å². The molecule has 1 heterocycles. The van der Waals surface area contributed by atoms with Gasteiger partial charge in [0.05, 0.1) is 23.3 Å². The van der Waals surface area contributed by atoms with Crippen molar-refractivity contribution in [3.05, 3.63) is 33.8 Å². The number of hydrogen-bond donors (Lipinski definition) is 1. The molecule has 5 nitrogen and oxygen atoms in total. The third-order valence-corrected chi connectivity index (χ3v) is 4.92. The van der Waals surface area contributed by atoms with E-state index in [2.05, 4.69) is 0 Å². The summed E-state index contributed by atoms with van der Waals surface area (Å²) in [5.74, 6) is -1.25. The average Bonchev–Trinajstić information content (AvgIpc) is 3.30. The second-order valence-electron chi connectivity index (χ2n) is 5.58. The van der Waals surface area contributed by atoms with Crippen molar-refractivity contribution < 1.29 is 19.4 Å². The maximum atomic E-state index is 12.6. The van der Waals surface area contributed by atoms with Gasteiger partial charge in [0, 0.05) is 12.5 Å². The van der Waals surface area contributed by atoms with E-state index in [-0.39, 0.29) is 24.3 Å². The van der Waals surface area contributed by atoms with Gasteiger partial charge in [-0.25, -0.2) is 4.79 Å². The van der Waals surface area contributed by atoms with Crippen molar-refractivity contribution in [2.45, 2.75) is 18.4 Å². The Labute approximate surface area is 137 Å². The first-order chi connectivity index (χ1) is 10.5. The van der Waals surface area contributed by atoms with Crippen LogP contribution < -0.4 is 0 Å². The number of ether oxygens (including phenoxy) is 1. The van der Waals surface area contributed by atoms with Crippen molar-refractivity contribution in [1.82, 2.24) is 4.90 Å². The van der Waals surface area contributed by atoms with Gasteiger partial charge in [0.15, 0.2) is 6.04 Å². The molecule has 22 heavy (non-hydrogen) atoms. The molecule has 3 rings (SSSR count). The molecule has 0 bridgehead atoms. The Hall–Kier alpha value is -1.30. The molecule has 0 unspecified atom stereocenters. The third kappa shape index (κ3) is 2.93. The van der Waals surface area contributed by atoms with Crippen LogP contribution in [-0.2, 0) is 14.3 Å². The molecule has 1 aliphatic carbocycles. The molecule has 7 heteroatoms. The molecule has 118 valence electrons. The lowest BCUT2D eigenvalue weighted by atomic mass is 10.1. The maximum absolute atomic E-state index is 12.6. The minimum Gasteiger partial charge on any atom is -0.480 e. The van der Waals surface area contributed by atoms with Crippen molar-refractivity contribution in [3.8, 4) is 0 Å². The van der Waals surface area contributed by atoms with Gasteiger partial charge >= 0.3 is 5.97 Å². The monoisotopic (exact) mass is 343 g/mol. The number of carboxylic acids is 1. The molecule has 1 aromatic rings. The number of rotatable bonds is 3. The molecule has 0 aromatic heterocycles. The van der Waals surface area contributed by atoms with Crippen molar-refractivity contribution in [2.24, 2.45) is 5.92 Å². The van der Waals surface area contributed by atoms with Crippen molar-refractivity contribution in [2.75, 3.05) is 19.8 Å². The lowest BCUT2D eigenvalue weighted by molar-refractivity contribution is -0.158. The number of benzene rings is 1. The number of carbonyl (C=O) groups excluding carboxylic acids is 1. The van der Waals surface area contributed by atoms with Crippen LogP contribution in [0.3, 0.4) is 0 Å². The zero-order valence-electron chi connectivity index (χ0n) is 11.7. The van der Waals surface area contributed by atoms with E-state index < -0.39 is 12.0 Å². The summed E-state index contributed by atoms with van der Waals surface area (Å²) in [5, 5.41) is 10.1. The molecule has 2 aliphatic rings. The number of carboxylic acid groups (broad SMARTS) is 1. The summed E-state index contributed by atoms with van der Waals surface area (Å²) in [4.78, 5) is 25.2. The van der Waals surface area contributed by atoms with Crippen LogP contribution in [-0.4, -0.2) is 47.7 Å². The predicted octanol–water partition coefficient (Wildman–Crippen LogP) is 2.41. The van der Waals surface area contributed by atoms with Crippen LogP contribution in [0.2, 0.25) is 10.0 Å². The topological polar surface area (TPSA) is 66.8 Å². The Morgan fingerprint density at radius 3 is 2.73 bits per heavy atom. The molecule has 0 radical (unpaired) electrons. The largest absolute Gasteiger partial charge is 0.480 e. The number of aliphatic carboxylic acids is 1. The number of nitrogens with zero attached hydrogens (tertiary/aromatic N) is 1. The number of halogens is 2. The number of carbonyl (C=O) groups is 2. The fraction of sp³-hybridized carbons (Fsp3) is 0.467. The van der Waals surface area contributed by atoms with Gasteiger partial charge in [-0.05, 0) is 30.0 Å². The van der Waals surface area contributed by atoms with E-state index >= 15 is 0 Å². The average molecular weight is 344 g/mol. The highest BCUT2D eigenvalue weighted by Gasteiger charge is 2.48. The van der Waals surface area contributed by atoms with Crippen LogP contribution in [0.15, 0.2) is 18.2 Å². The fourth-order valence-corrected chi connectivity index (χ4v) is 3.17. The molecule has 1 aromatic carbocycles. The Morgan fingerprint density at radius 2 is 2.05 bits per heavy atom. The minimum absolute atomic E-state index is 0.0469. The minimum atomic E-state index is -1.03. The molecule has 1 saturated carbocycles. The van der Waals surface area contributed by atoms with E-state index in [1.165, 1.54) is 4.90 Å². The first-order valence-electron chi connectivity index (χ1n) is 7.05. The third-order valence-electron chi connectivity index (χ3n) is 4.18. The molecule has 1 aliphatic heterocycles. The van der Waals surface area contributed by atoms with Crippen LogP contribution in [0.5, 0.6) is 0 Å². The quantitative estimate of drug-likeness (QED) is 0.915. The SMILES string of the molecule is O=C(O)[C@@H]1COCCN1C(=O)[C@@H]1C[C@H]1c1ccc(Cl)c(Cl)c1. The van der Waals surface area contributed by atoms with Gasteiger partial charge in [0.1, 0.15) is 0 Å². The van der Waals surface area contributed by atoms with Gasteiger partial charge in [0.2, 0.25) is 5.91 Å². The van der Waals surface area contributed by atoms with Crippen LogP contribution in [0.4, 0.5) is 0 Å². The molecule has 1 saturated heterocycles. The summed E-state index contributed by atoms with van der Waals surface area (Å²) in [6.45, 7) is 0.741. The molecular formula is C15H15Cl2NO4. The molecular weight excluding hydrogens is 329 g/mol. The van der Waals surface area contributed by atoms with Crippen molar-refractivity contribution >= 4 is 35.1 Å². The zero-order chi connectivity index (χ0) is 15.9. The summed E-state index contributed by atoms with van der Waals surface area (Å²) < 4.78 is 5.16. The lowest BCUT2D eigenvalue weighted by Gasteiger charge is -2.33. The van der Waals surface area contributed by atoms with E-state index in [1.54, 1.807) is 12.1 Å². The van der Waals surface area contributed by atoms with E-state index in [1.807, 2.05) is 6.07 Å². The van der Waals surface area contributed by atoms with Gasteiger partial charge < -0.3 is 14.7 Å². The fourth-order valence-electron chi connectivity index (χ4n) is 2.86. The van der Waals surface area contributed by atoms with Gasteiger partial charge in [0.25, 0.3) is 0 Å². The van der Waals surface area contributed by atoms with Crippen LogP contribution in [0.1, 0.15) is 17.9 Å². The van der Waals surface area contributed by atoms with E-state index in [0.29, 0.717) is 29.6 Å². The second kappa shape index (κ2) is 6.07. The van der Waals surface area contributed by atoms with Gasteiger partial charge in [-0.3, -0.25) is 4.79 Å². The Morgan fingerprint density at radius 1 is 1.27 bits per heavy atom. The van der Waals surface area contributed by atoms with E-state index in [0.717, 1.165) is 5.56 Å². The van der Waals surface area contributed by atoms with E-state index in [9.17, 15) is 14.7 Å². The number of morpholine rings is 1. The highest BCUT2D eigenvalue weighted by molar-refractivity contribution is 6.42. The normalized spacial score (nSPS) is 27.5. The summed E-state index contributed by atoms with van der Waals surface area (Å²) >= 11 is 11.9. The summed E-state index contributed by atoms with van der Waals surface area (Å²) in [6.07, 6.45) is 0.709. The first-order valence-corrected chi connectivity index (χ1v) is 7.80. The molecule has 2 fully saturated rings. The highest BCUT2D eigenvalue weighted by atomic mass is 35.5. The van der Waals surface area contributed by atoms with E-state index in [4.69, 9.17) is 27.9 Å².